The average Bonchev–Trinajstić information content (AvgIpc) is 2.69. The molecule has 0 aliphatic carbocycles. The third kappa shape index (κ3) is 7.06. The van der Waals surface area contributed by atoms with Gasteiger partial charge in [0, 0.05) is 38.6 Å². The Morgan fingerprint density at radius 3 is 2.33 bits per heavy atom. The molecular formula is C20H29ClN6. The number of hydrogen-bond acceptors (Lipinski definition) is 4. The van der Waals surface area contributed by atoms with Crippen LogP contribution < -0.4 is 15.5 Å². The molecule has 2 aromatic rings. The maximum atomic E-state index is 5.82. The van der Waals surface area contributed by atoms with Crippen LogP contribution in [0.5, 0.6) is 0 Å². The Balaban J connectivity index is 1.89. The Morgan fingerprint density at radius 1 is 1.00 bits per heavy atom. The van der Waals surface area contributed by atoms with Gasteiger partial charge in [-0.1, -0.05) is 23.7 Å². The number of pyridine rings is 2. The molecule has 0 bridgehead atoms. The molecule has 0 spiro atoms. The number of nitrogens with zero attached hydrogens (tertiary/aromatic N) is 4. The van der Waals surface area contributed by atoms with Crippen LogP contribution in [0, 0.1) is 0 Å². The first-order valence-corrected chi connectivity index (χ1v) is 9.86. The summed E-state index contributed by atoms with van der Waals surface area (Å²) in [4.78, 5) is 15.5. The van der Waals surface area contributed by atoms with Crippen LogP contribution >= 0.6 is 11.6 Å². The maximum absolute atomic E-state index is 5.82. The highest BCUT2D eigenvalue weighted by Crippen LogP contribution is 2.11. The van der Waals surface area contributed by atoms with Gasteiger partial charge in [-0.25, -0.2) is 15.0 Å². The lowest BCUT2D eigenvalue weighted by molar-refractivity contribution is 0.797. The van der Waals surface area contributed by atoms with Gasteiger partial charge in [0.15, 0.2) is 5.96 Å². The highest BCUT2D eigenvalue weighted by Gasteiger charge is 2.03. The van der Waals surface area contributed by atoms with Crippen LogP contribution in [0.2, 0.25) is 5.15 Å². The standard InChI is InChI=1S/C20H29ClN6/c1-4-22-20(23-12-11-16-7-9-18(21)24-13-16)26-15-17-8-10-19(25-14-17)27(5-2)6-3/h7-10,13-14H,4-6,11-12,15H2,1-3H3,(H2,22,23,26). The summed E-state index contributed by atoms with van der Waals surface area (Å²) in [6, 6.07) is 7.95. The molecule has 0 fully saturated rings. The molecule has 0 saturated heterocycles. The van der Waals surface area contributed by atoms with E-state index in [4.69, 9.17) is 11.6 Å². The molecule has 2 rings (SSSR count). The molecular weight excluding hydrogens is 360 g/mol. The second-order valence-electron chi connectivity index (χ2n) is 6.06. The summed E-state index contributed by atoms with van der Waals surface area (Å²) >= 11 is 5.82. The van der Waals surface area contributed by atoms with E-state index < -0.39 is 0 Å². The predicted octanol–water partition coefficient (Wildman–Crippen LogP) is 3.27. The average molecular weight is 389 g/mol. The first-order valence-electron chi connectivity index (χ1n) is 9.48. The molecule has 2 aromatic heterocycles. The van der Waals surface area contributed by atoms with Crippen molar-refractivity contribution in [1.29, 1.82) is 0 Å². The van der Waals surface area contributed by atoms with Gasteiger partial charge in [-0.05, 0) is 50.5 Å². The van der Waals surface area contributed by atoms with Gasteiger partial charge in [-0.3, -0.25) is 0 Å². The lowest BCUT2D eigenvalue weighted by Gasteiger charge is -2.19. The summed E-state index contributed by atoms with van der Waals surface area (Å²) in [5.41, 5.74) is 2.23. The van der Waals surface area contributed by atoms with Crippen LogP contribution in [0.1, 0.15) is 31.9 Å². The molecule has 7 heteroatoms. The number of aromatic nitrogens is 2. The molecule has 0 aromatic carbocycles. The third-order valence-electron chi connectivity index (χ3n) is 4.16. The van der Waals surface area contributed by atoms with Crippen molar-refractivity contribution in [2.24, 2.45) is 4.99 Å². The van der Waals surface area contributed by atoms with Crippen molar-refractivity contribution in [3.63, 3.8) is 0 Å². The Hall–Kier alpha value is -2.34. The maximum Gasteiger partial charge on any atom is 0.191 e. The second kappa shape index (κ2) is 11.4. The Bertz CT molecular complexity index is 695. The van der Waals surface area contributed by atoms with Gasteiger partial charge >= 0.3 is 0 Å². The van der Waals surface area contributed by atoms with Crippen molar-refractivity contribution in [2.45, 2.75) is 33.7 Å². The van der Waals surface area contributed by atoms with Gasteiger partial charge in [0.25, 0.3) is 0 Å². The summed E-state index contributed by atoms with van der Waals surface area (Å²) in [6.07, 6.45) is 4.56. The molecule has 0 saturated carbocycles. The Labute approximate surface area is 167 Å². The largest absolute Gasteiger partial charge is 0.357 e. The van der Waals surface area contributed by atoms with E-state index in [-0.39, 0.29) is 0 Å². The quantitative estimate of drug-likeness (QED) is 0.392. The van der Waals surface area contributed by atoms with E-state index >= 15 is 0 Å². The zero-order valence-corrected chi connectivity index (χ0v) is 17.1. The molecule has 6 nitrogen and oxygen atoms in total. The number of aliphatic imine (C=N–C) groups is 1. The molecule has 0 aliphatic heterocycles. The van der Waals surface area contributed by atoms with Gasteiger partial charge in [-0.15, -0.1) is 0 Å². The van der Waals surface area contributed by atoms with Crippen molar-refractivity contribution in [1.82, 2.24) is 20.6 Å². The number of nitrogens with one attached hydrogen (secondary N) is 2. The monoisotopic (exact) mass is 388 g/mol. The minimum atomic E-state index is 0.516. The van der Waals surface area contributed by atoms with Crippen LogP contribution in [0.3, 0.4) is 0 Å². The summed E-state index contributed by atoms with van der Waals surface area (Å²) in [6.45, 7) is 10.4. The van der Waals surface area contributed by atoms with E-state index in [1.165, 1.54) is 0 Å². The number of halogens is 1. The first-order chi connectivity index (χ1) is 13.2. The number of guanidine groups is 1. The Morgan fingerprint density at radius 2 is 1.74 bits per heavy atom. The summed E-state index contributed by atoms with van der Waals surface area (Å²) in [7, 11) is 0. The van der Waals surface area contributed by atoms with E-state index in [9.17, 15) is 0 Å². The minimum absolute atomic E-state index is 0.516. The van der Waals surface area contributed by atoms with E-state index in [0.717, 1.165) is 55.5 Å². The van der Waals surface area contributed by atoms with Crippen molar-refractivity contribution < 1.29 is 0 Å². The molecule has 0 atom stereocenters. The van der Waals surface area contributed by atoms with Crippen LogP contribution in [0.15, 0.2) is 41.7 Å². The van der Waals surface area contributed by atoms with Crippen LogP contribution in [0.4, 0.5) is 5.82 Å². The van der Waals surface area contributed by atoms with Crippen molar-refractivity contribution in [2.75, 3.05) is 31.1 Å². The minimum Gasteiger partial charge on any atom is -0.357 e. The molecule has 0 amide bonds. The number of anilines is 1. The van der Waals surface area contributed by atoms with Gasteiger partial charge in [0.2, 0.25) is 0 Å². The fraction of sp³-hybridized carbons (Fsp3) is 0.450. The predicted molar refractivity (Wildman–Crippen MR) is 114 cm³/mol. The van der Waals surface area contributed by atoms with E-state index in [1.807, 2.05) is 18.3 Å². The van der Waals surface area contributed by atoms with E-state index in [1.54, 1.807) is 6.20 Å². The zero-order valence-electron chi connectivity index (χ0n) is 16.4. The van der Waals surface area contributed by atoms with Gasteiger partial charge in [0.1, 0.15) is 11.0 Å². The number of hydrogen-bond donors (Lipinski definition) is 2. The topological polar surface area (TPSA) is 65.4 Å². The second-order valence-corrected chi connectivity index (χ2v) is 6.45. The fourth-order valence-corrected chi connectivity index (χ4v) is 2.75. The highest BCUT2D eigenvalue weighted by atomic mass is 35.5. The molecule has 0 unspecified atom stereocenters. The molecule has 2 N–H and O–H groups in total. The van der Waals surface area contributed by atoms with Gasteiger partial charge < -0.3 is 15.5 Å². The number of rotatable bonds is 9. The van der Waals surface area contributed by atoms with Crippen molar-refractivity contribution >= 4 is 23.4 Å². The SMILES string of the molecule is CCNC(=NCc1ccc(N(CC)CC)nc1)NCCc1ccc(Cl)nc1. The summed E-state index contributed by atoms with van der Waals surface area (Å²) in [5.74, 6) is 1.81. The molecule has 2 heterocycles. The summed E-state index contributed by atoms with van der Waals surface area (Å²) < 4.78 is 0. The lowest BCUT2D eigenvalue weighted by Crippen LogP contribution is -2.38. The zero-order chi connectivity index (χ0) is 19.5. The van der Waals surface area contributed by atoms with E-state index in [0.29, 0.717) is 11.7 Å². The molecule has 27 heavy (non-hydrogen) atoms. The van der Waals surface area contributed by atoms with Gasteiger partial charge in [-0.2, -0.15) is 0 Å². The van der Waals surface area contributed by atoms with Crippen LogP contribution in [-0.4, -0.2) is 42.1 Å². The highest BCUT2D eigenvalue weighted by molar-refractivity contribution is 6.29. The van der Waals surface area contributed by atoms with E-state index in [2.05, 4.69) is 63.4 Å². The molecule has 0 aliphatic rings. The first kappa shape index (κ1) is 21.0. The molecule has 0 radical (unpaired) electrons. The normalized spacial score (nSPS) is 11.3. The fourth-order valence-electron chi connectivity index (χ4n) is 2.64. The Kier molecular flexibility index (Phi) is 8.84. The molecule has 146 valence electrons. The van der Waals surface area contributed by atoms with Gasteiger partial charge in [0.05, 0.1) is 6.54 Å². The lowest BCUT2D eigenvalue weighted by atomic mass is 10.2. The van der Waals surface area contributed by atoms with Crippen LogP contribution in [0.25, 0.3) is 0 Å². The smallest absolute Gasteiger partial charge is 0.191 e. The van der Waals surface area contributed by atoms with Crippen LogP contribution in [-0.2, 0) is 13.0 Å². The van der Waals surface area contributed by atoms with Crippen molar-refractivity contribution in [3.05, 3.63) is 52.9 Å². The van der Waals surface area contributed by atoms with Crippen molar-refractivity contribution in [3.8, 4) is 0 Å². The third-order valence-corrected chi connectivity index (χ3v) is 4.38. The summed E-state index contributed by atoms with van der Waals surface area (Å²) in [5, 5.41) is 7.14.